The van der Waals surface area contributed by atoms with E-state index in [1.165, 1.54) is 0 Å². The van der Waals surface area contributed by atoms with Crippen LogP contribution >= 0.6 is 31.9 Å². The van der Waals surface area contributed by atoms with Crippen molar-refractivity contribution >= 4 is 37.8 Å². The molecule has 0 aliphatic rings. The van der Waals surface area contributed by atoms with Crippen molar-refractivity contribution in [2.45, 2.75) is 19.4 Å². The highest BCUT2D eigenvalue weighted by Crippen LogP contribution is 2.33. The summed E-state index contributed by atoms with van der Waals surface area (Å²) in [6.07, 6.45) is 0. The number of halogens is 2. The molecule has 1 atom stereocenters. The van der Waals surface area contributed by atoms with Crippen LogP contribution in [-0.4, -0.2) is 11.1 Å². The Morgan fingerprint density at radius 1 is 1.14 bits per heavy atom. The second kappa shape index (κ2) is 7.09. The van der Waals surface area contributed by atoms with Crippen molar-refractivity contribution in [3.63, 3.8) is 0 Å². The van der Waals surface area contributed by atoms with Gasteiger partial charge in [-0.25, -0.2) is 0 Å². The number of hydrogen-bond donors (Lipinski definition) is 1. The Hall–Kier alpha value is -1.33. The SMILES string of the molecule is CC(C(=O)O)c1ccc(COc2c(Br)cccc2Br)cc1. The Kier molecular flexibility index (Phi) is 5.42. The van der Waals surface area contributed by atoms with Gasteiger partial charge in [0.25, 0.3) is 0 Å². The zero-order chi connectivity index (χ0) is 15.4. The fraction of sp³-hybridized carbons (Fsp3) is 0.188. The summed E-state index contributed by atoms with van der Waals surface area (Å²) in [5.41, 5.74) is 1.77. The van der Waals surface area contributed by atoms with Gasteiger partial charge in [-0.1, -0.05) is 30.3 Å². The minimum absolute atomic E-state index is 0.420. The number of rotatable bonds is 5. The van der Waals surface area contributed by atoms with Gasteiger partial charge in [0.2, 0.25) is 0 Å². The molecule has 0 heterocycles. The summed E-state index contributed by atoms with van der Waals surface area (Å²) in [5.74, 6) is -0.575. The molecule has 110 valence electrons. The van der Waals surface area contributed by atoms with Crippen LogP contribution in [0, 0.1) is 0 Å². The molecule has 0 saturated heterocycles. The van der Waals surface area contributed by atoms with Crippen molar-refractivity contribution in [2.24, 2.45) is 0 Å². The lowest BCUT2D eigenvalue weighted by Gasteiger charge is -2.11. The number of ether oxygens (including phenoxy) is 1. The van der Waals surface area contributed by atoms with Gasteiger partial charge in [-0.2, -0.15) is 0 Å². The van der Waals surface area contributed by atoms with E-state index in [0.717, 1.165) is 25.8 Å². The van der Waals surface area contributed by atoms with Gasteiger partial charge in [0, 0.05) is 0 Å². The Balaban J connectivity index is 2.06. The molecular weight excluding hydrogens is 400 g/mol. The molecule has 2 aromatic rings. The molecule has 0 aliphatic carbocycles. The molecule has 0 aliphatic heterocycles. The first kappa shape index (κ1) is 16.0. The van der Waals surface area contributed by atoms with Gasteiger partial charge < -0.3 is 9.84 Å². The zero-order valence-electron chi connectivity index (χ0n) is 11.3. The highest BCUT2D eigenvalue weighted by atomic mass is 79.9. The fourth-order valence-electron chi connectivity index (χ4n) is 1.82. The minimum Gasteiger partial charge on any atom is -0.487 e. The molecule has 21 heavy (non-hydrogen) atoms. The second-order valence-corrected chi connectivity index (χ2v) is 6.35. The van der Waals surface area contributed by atoms with Crippen LogP contribution in [0.4, 0.5) is 0 Å². The van der Waals surface area contributed by atoms with Gasteiger partial charge in [0.1, 0.15) is 12.4 Å². The van der Waals surface area contributed by atoms with Crippen molar-refractivity contribution in [1.29, 1.82) is 0 Å². The van der Waals surface area contributed by atoms with E-state index in [2.05, 4.69) is 31.9 Å². The molecule has 0 bridgehead atoms. The van der Waals surface area contributed by atoms with Gasteiger partial charge in [0.05, 0.1) is 14.9 Å². The largest absolute Gasteiger partial charge is 0.487 e. The van der Waals surface area contributed by atoms with Crippen LogP contribution in [0.2, 0.25) is 0 Å². The van der Waals surface area contributed by atoms with E-state index >= 15 is 0 Å². The van der Waals surface area contributed by atoms with Crippen LogP contribution in [0.1, 0.15) is 24.0 Å². The molecule has 0 radical (unpaired) electrons. The summed E-state index contributed by atoms with van der Waals surface area (Å²) in [4.78, 5) is 10.9. The minimum atomic E-state index is -0.823. The molecule has 2 rings (SSSR count). The number of carboxylic acids is 1. The summed E-state index contributed by atoms with van der Waals surface area (Å²) in [6, 6.07) is 13.2. The average Bonchev–Trinajstić information content (AvgIpc) is 2.46. The summed E-state index contributed by atoms with van der Waals surface area (Å²) in [5, 5.41) is 8.98. The Labute approximate surface area is 140 Å². The first-order valence-electron chi connectivity index (χ1n) is 6.37. The zero-order valence-corrected chi connectivity index (χ0v) is 14.5. The number of para-hydroxylation sites is 1. The predicted octanol–water partition coefficient (Wildman–Crippen LogP) is 4.98. The molecule has 0 saturated carbocycles. The van der Waals surface area contributed by atoms with Gasteiger partial charge in [-0.15, -0.1) is 0 Å². The maximum atomic E-state index is 10.9. The van der Waals surface area contributed by atoms with Gasteiger partial charge in [0.15, 0.2) is 0 Å². The van der Waals surface area contributed by atoms with Crippen LogP contribution in [0.15, 0.2) is 51.4 Å². The summed E-state index contributed by atoms with van der Waals surface area (Å²) in [6.45, 7) is 2.09. The molecule has 0 amide bonds. The van der Waals surface area contributed by atoms with Gasteiger partial charge in [-0.05, 0) is 62.0 Å². The molecule has 0 fully saturated rings. The van der Waals surface area contributed by atoms with Gasteiger partial charge >= 0.3 is 5.97 Å². The topological polar surface area (TPSA) is 46.5 Å². The Bertz CT molecular complexity index is 618. The lowest BCUT2D eigenvalue weighted by molar-refractivity contribution is -0.138. The number of aliphatic carboxylic acids is 1. The third-order valence-electron chi connectivity index (χ3n) is 3.15. The normalized spacial score (nSPS) is 12.0. The first-order valence-corrected chi connectivity index (χ1v) is 7.96. The number of hydrogen-bond acceptors (Lipinski definition) is 2. The van der Waals surface area contributed by atoms with E-state index in [9.17, 15) is 4.79 Å². The highest BCUT2D eigenvalue weighted by Gasteiger charge is 2.13. The Morgan fingerprint density at radius 3 is 2.24 bits per heavy atom. The van der Waals surface area contributed by atoms with Crippen molar-refractivity contribution in [2.75, 3.05) is 0 Å². The van der Waals surface area contributed by atoms with Gasteiger partial charge in [-0.3, -0.25) is 4.79 Å². The highest BCUT2D eigenvalue weighted by molar-refractivity contribution is 9.11. The molecule has 1 unspecified atom stereocenters. The Morgan fingerprint density at radius 2 is 1.71 bits per heavy atom. The van der Waals surface area contributed by atoms with Crippen LogP contribution < -0.4 is 4.74 Å². The van der Waals surface area contributed by atoms with E-state index in [-0.39, 0.29) is 0 Å². The predicted molar refractivity (Wildman–Crippen MR) is 88.7 cm³/mol. The quantitative estimate of drug-likeness (QED) is 0.751. The van der Waals surface area contributed by atoms with E-state index in [1.807, 2.05) is 42.5 Å². The maximum absolute atomic E-state index is 10.9. The third-order valence-corrected chi connectivity index (χ3v) is 4.40. The summed E-state index contributed by atoms with van der Waals surface area (Å²) in [7, 11) is 0. The monoisotopic (exact) mass is 412 g/mol. The standard InChI is InChI=1S/C16H14Br2O3/c1-10(16(19)20)12-7-5-11(6-8-12)9-21-15-13(17)3-2-4-14(15)18/h2-8,10H,9H2,1H3,(H,19,20). The fourth-order valence-corrected chi connectivity index (χ4v) is 3.05. The maximum Gasteiger partial charge on any atom is 0.310 e. The molecular formula is C16H14Br2O3. The molecule has 0 spiro atoms. The molecule has 2 aromatic carbocycles. The van der Waals surface area contributed by atoms with E-state index in [0.29, 0.717) is 6.61 Å². The van der Waals surface area contributed by atoms with Crippen LogP contribution in [-0.2, 0) is 11.4 Å². The van der Waals surface area contributed by atoms with E-state index in [1.54, 1.807) is 6.92 Å². The van der Waals surface area contributed by atoms with Crippen molar-refractivity contribution < 1.29 is 14.6 Å². The van der Waals surface area contributed by atoms with Crippen molar-refractivity contribution in [1.82, 2.24) is 0 Å². The number of carbonyl (C=O) groups is 1. The first-order chi connectivity index (χ1) is 9.99. The van der Waals surface area contributed by atoms with Crippen LogP contribution in [0.25, 0.3) is 0 Å². The number of benzene rings is 2. The lowest BCUT2D eigenvalue weighted by Crippen LogP contribution is -2.07. The smallest absolute Gasteiger partial charge is 0.310 e. The van der Waals surface area contributed by atoms with E-state index < -0.39 is 11.9 Å². The average molecular weight is 414 g/mol. The van der Waals surface area contributed by atoms with Crippen molar-refractivity contribution in [3.05, 3.63) is 62.5 Å². The second-order valence-electron chi connectivity index (χ2n) is 4.64. The molecule has 0 aromatic heterocycles. The van der Waals surface area contributed by atoms with Crippen LogP contribution in [0.3, 0.4) is 0 Å². The van der Waals surface area contributed by atoms with E-state index in [4.69, 9.17) is 9.84 Å². The molecule has 3 nitrogen and oxygen atoms in total. The third kappa shape index (κ3) is 4.08. The molecule has 1 N–H and O–H groups in total. The summed E-state index contributed by atoms with van der Waals surface area (Å²) >= 11 is 6.89. The lowest BCUT2D eigenvalue weighted by atomic mass is 10.0. The number of carboxylic acid groups (broad SMARTS) is 1. The van der Waals surface area contributed by atoms with Crippen LogP contribution in [0.5, 0.6) is 5.75 Å². The summed E-state index contributed by atoms with van der Waals surface area (Å²) < 4.78 is 7.56. The molecule has 5 heteroatoms. The van der Waals surface area contributed by atoms with Crippen molar-refractivity contribution in [3.8, 4) is 5.75 Å².